The van der Waals surface area contributed by atoms with E-state index in [-0.39, 0.29) is 24.6 Å². The molecule has 1 aliphatic carbocycles. The third kappa shape index (κ3) is 4.45. The van der Waals surface area contributed by atoms with E-state index in [1.165, 1.54) is 12.8 Å². The fourth-order valence-electron chi connectivity index (χ4n) is 3.17. The fraction of sp³-hybridized carbons (Fsp3) is 0.611. The van der Waals surface area contributed by atoms with E-state index in [1.807, 2.05) is 41.1 Å². The maximum atomic E-state index is 12.6. The minimum atomic E-state index is -0.0345. The van der Waals surface area contributed by atoms with E-state index in [2.05, 4.69) is 18.3 Å². The summed E-state index contributed by atoms with van der Waals surface area (Å²) < 4.78 is 7.84. The summed E-state index contributed by atoms with van der Waals surface area (Å²) in [6.45, 7) is 3.76. The summed E-state index contributed by atoms with van der Waals surface area (Å²) in [5.41, 5.74) is 1.09. The van der Waals surface area contributed by atoms with Gasteiger partial charge >= 0.3 is 0 Å². The third-order valence-electron chi connectivity index (χ3n) is 4.57. The summed E-state index contributed by atoms with van der Waals surface area (Å²) in [6.07, 6.45) is 3.57. The molecule has 1 heterocycles. The molecule has 2 fully saturated rings. The number of halogens is 1. The Morgan fingerprint density at radius 1 is 1.38 bits per heavy atom. The van der Waals surface area contributed by atoms with Crippen molar-refractivity contribution in [1.29, 1.82) is 0 Å². The number of amides is 1. The Kier molecular flexibility index (Phi) is 6.08. The number of carbonyl (C=O) groups excluding carboxylic acids is 1. The van der Waals surface area contributed by atoms with Crippen LogP contribution in [0.1, 0.15) is 37.8 Å². The molecule has 3 rings (SSSR count). The molecule has 132 valence electrons. The van der Waals surface area contributed by atoms with Crippen LogP contribution in [0, 0.1) is 0 Å². The van der Waals surface area contributed by atoms with Crippen molar-refractivity contribution in [1.82, 2.24) is 9.21 Å². The topological polar surface area (TPSA) is 32.8 Å². The molecule has 1 aliphatic heterocycles. The quantitative estimate of drug-likeness (QED) is 0.686. The molecule has 0 aromatic heterocycles. The van der Waals surface area contributed by atoms with Gasteiger partial charge in [0, 0.05) is 22.9 Å². The molecule has 1 amide bonds. The van der Waals surface area contributed by atoms with Gasteiger partial charge in [-0.25, -0.2) is 0 Å². The predicted octanol–water partition coefficient (Wildman–Crippen LogP) is 3.76. The van der Waals surface area contributed by atoms with Crippen molar-refractivity contribution in [2.45, 2.75) is 43.5 Å². The lowest BCUT2D eigenvalue weighted by Gasteiger charge is -2.42. The van der Waals surface area contributed by atoms with E-state index in [4.69, 9.17) is 16.3 Å². The molecule has 2 unspecified atom stereocenters. The molecule has 1 aromatic carbocycles. The van der Waals surface area contributed by atoms with Gasteiger partial charge in [-0.05, 0) is 44.0 Å². The average molecular weight is 369 g/mol. The van der Waals surface area contributed by atoms with Gasteiger partial charge in [0.15, 0.2) is 0 Å². The molecule has 2 atom stereocenters. The first kappa shape index (κ1) is 18.1. The molecule has 6 heteroatoms. The Morgan fingerprint density at radius 3 is 2.71 bits per heavy atom. The lowest BCUT2D eigenvalue weighted by molar-refractivity contribution is -0.152. The van der Waals surface area contributed by atoms with Crippen molar-refractivity contribution >= 4 is 29.5 Å². The Balaban J connectivity index is 1.75. The number of benzene rings is 1. The van der Waals surface area contributed by atoms with Gasteiger partial charge in [0.2, 0.25) is 5.91 Å². The zero-order valence-corrected chi connectivity index (χ0v) is 15.9. The highest BCUT2D eigenvalue weighted by atomic mass is 35.5. The SMILES string of the molecule is CCC(CN(C)SC1CC1)N1C(=O)COCC1c1ccc(Cl)cc1. The van der Waals surface area contributed by atoms with Gasteiger partial charge in [0.05, 0.1) is 12.6 Å². The van der Waals surface area contributed by atoms with Crippen LogP contribution in [0.25, 0.3) is 0 Å². The Bertz CT molecular complexity index is 565. The lowest BCUT2D eigenvalue weighted by atomic mass is 10.0. The first-order valence-electron chi connectivity index (χ1n) is 8.60. The molecule has 1 saturated heterocycles. The summed E-state index contributed by atoms with van der Waals surface area (Å²) in [4.78, 5) is 14.6. The van der Waals surface area contributed by atoms with Crippen molar-refractivity contribution in [2.75, 3.05) is 26.8 Å². The van der Waals surface area contributed by atoms with Crippen LogP contribution in [0.2, 0.25) is 5.02 Å². The summed E-state index contributed by atoms with van der Waals surface area (Å²) in [5.74, 6) is 0.0814. The summed E-state index contributed by atoms with van der Waals surface area (Å²) in [5, 5.41) is 1.49. The maximum absolute atomic E-state index is 12.6. The molecule has 1 saturated carbocycles. The number of nitrogens with zero attached hydrogens (tertiary/aromatic N) is 2. The normalized spacial score (nSPS) is 22.9. The highest BCUT2D eigenvalue weighted by molar-refractivity contribution is 7.97. The van der Waals surface area contributed by atoms with Gasteiger partial charge < -0.3 is 9.64 Å². The van der Waals surface area contributed by atoms with Crippen molar-refractivity contribution in [3.05, 3.63) is 34.9 Å². The standard InChI is InChI=1S/C18H25ClN2O2S/c1-3-15(10-20(2)24-16-8-9-16)21-17(11-23-12-18(21)22)13-4-6-14(19)7-5-13/h4-7,15-17H,3,8-12H2,1-2H3. The minimum absolute atomic E-state index is 0.0345. The van der Waals surface area contributed by atoms with Crippen LogP contribution in [0.5, 0.6) is 0 Å². The van der Waals surface area contributed by atoms with Crippen molar-refractivity contribution in [2.24, 2.45) is 0 Å². The van der Waals surface area contributed by atoms with Gasteiger partial charge in [0.25, 0.3) is 0 Å². The van der Waals surface area contributed by atoms with Crippen molar-refractivity contribution in [3.8, 4) is 0 Å². The van der Waals surface area contributed by atoms with Crippen LogP contribution < -0.4 is 0 Å². The molecule has 0 N–H and O–H groups in total. The van der Waals surface area contributed by atoms with Crippen molar-refractivity contribution < 1.29 is 9.53 Å². The van der Waals surface area contributed by atoms with E-state index in [0.29, 0.717) is 11.6 Å². The highest BCUT2D eigenvalue weighted by Crippen LogP contribution is 2.36. The Labute approximate surface area is 153 Å². The second kappa shape index (κ2) is 8.09. The Hall–Kier alpha value is -0.750. The van der Waals surface area contributed by atoms with Gasteiger partial charge in [-0.15, -0.1) is 0 Å². The summed E-state index contributed by atoms with van der Waals surface area (Å²) >= 11 is 7.93. The first-order chi connectivity index (χ1) is 11.6. The second-order valence-corrected chi connectivity index (χ2v) is 8.50. The van der Waals surface area contributed by atoms with Crippen LogP contribution >= 0.6 is 23.5 Å². The molecule has 0 radical (unpaired) electrons. The third-order valence-corrected chi connectivity index (χ3v) is 6.10. The first-order valence-corrected chi connectivity index (χ1v) is 9.82. The van der Waals surface area contributed by atoms with E-state index in [1.54, 1.807) is 0 Å². The molecule has 24 heavy (non-hydrogen) atoms. The molecule has 0 spiro atoms. The molecule has 2 aliphatic rings. The van der Waals surface area contributed by atoms with Crippen molar-refractivity contribution in [3.63, 3.8) is 0 Å². The lowest BCUT2D eigenvalue weighted by Crippen LogP contribution is -2.52. The molecular weight excluding hydrogens is 344 g/mol. The number of ether oxygens (including phenoxy) is 1. The van der Waals surface area contributed by atoms with Crippen LogP contribution in [0.3, 0.4) is 0 Å². The van der Waals surface area contributed by atoms with Gasteiger partial charge in [-0.2, -0.15) is 0 Å². The number of rotatable bonds is 7. The predicted molar refractivity (Wildman–Crippen MR) is 99.2 cm³/mol. The van der Waals surface area contributed by atoms with E-state index < -0.39 is 0 Å². The molecular formula is C18H25ClN2O2S. The summed E-state index contributed by atoms with van der Waals surface area (Å²) in [6, 6.07) is 7.91. The number of hydrogen-bond donors (Lipinski definition) is 0. The number of morpholine rings is 1. The fourth-order valence-corrected chi connectivity index (χ4v) is 4.41. The maximum Gasteiger partial charge on any atom is 0.249 e. The number of hydrogen-bond acceptors (Lipinski definition) is 4. The number of likely N-dealkylation sites (N-methyl/N-ethyl adjacent to an activating group) is 1. The molecule has 1 aromatic rings. The smallest absolute Gasteiger partial charge is 0.249 e. The second-order valence-electron chi connectivity index (χ2n) is 6.56. The van der Waals surface area contributed by atoms with Gasteiger partial charge in [-0.1, -0.05) is 42.6 Å². The largest absolute Gasteiger partial charge is 0.369 e. The van der Waals surface area contributed by atoms with Gasteiger partial charge in [-0.3, -0.25) is 9.10 Å². The van der Waals surface area contributed by atoms with E-state index in [9.17, 15) is 4.79 Å². The summed E-state index contributed by atoms with van der Waals surface area (Å²) in [7, 11) is 2.13. The Morgan fingerprint density at radius 2 is 2.08 bits per heavy atom. The molecule has 4 nitrogen and oxygen atoms in total. The van der Waals surface area contributed by atoms with E-state index >= 15 is 0 Å². The average Bonchev–Trinajstić information content (AvgIpc) is 3.37. The van der Waals surface area contributed by atoms with E-state index in [0.717, 1.165) is 23.8 Å². The highest BCUT2D eigenvalue weighted by Gasteiger charge is 2.35. The minimum Gasteiger partial charge on any atom is -0.369 e. The number of carbonyl (C=O) groups is 1. The van der Waals surface area contributed by atoms with Crippen LogP contribution in [-0.2, 0) is 9.53 Å². The zero-order valence-electron chi connectivity index (χ0n) is 14.3. The monoisotopic (exact) mass is 368 g/mol. The van der Waals surface area contributed by atoms with Crippen LogP contribution in [0.15, 0.2) is 24.3 Å². The zero-order chi connectivity index (χ0) is 17.1. The van der Waals surface area contributed by atoms with Crippen LogP contribution in [0.4, 0.5) is 0 Å². The van der Waals surface area contributed by atoms with Gasteiger partial charge in [0.1, 0.15) is 6.61 Å². The molecule has 0 bridgehead atoms. The van der Waals surface area contributed by atoms with Crippen LogP contribution in [-0.4, -0.2) is 53.2 Å².